The normalized spacial score (nSPS) is 11.8. The molecule has 1 aliphatic rings. The topological polar surface area (TPSA) is 107 Å². The van der Waals surface area contributed by atoms with Gasteiger partial charge in [0.15, 0.2) is 5.76 Å². The molecule has 0 unspecified atom stereocenters. The highest BCUT2D eigenvalue weighted by molar-refractivity contribution is 5.87. The van der Waals surface area contributed by atoms with E-state index in [0.717, 1.165) is 16.7 Å². The fourth-order valence-electron chi connectivity index (χ4n) is 5.03. The number of aliphatic carboxylic acids is 1. The Kier molecular flexibility index (Phi) is 8.76. The number of fused-ring (bicyclic) bond motifs is 1. The molecule has 9 heteroatoms. The van der Waals surface area contributed by atoms with Crippen LogP contribution in [0.25, 0.3) is 34.2 Å². The molecule has 0 aliphatic heterocycles. The number of ether oxygens (including phenoxy) is 1. The van der Waals surface area contributed by atoms with E-state index in [1.54, 1.807) is 12.1 Å². The number of aryl methyl sites for hydroxylation is 1. The van der Waals surface area contributed by atoms with Crippen molar-refractivity contribution in [3.63, 3.8) is 0 Å². The smallest absolute Gasteiger partial charge is 0.303 e. The second kappa shape index (κ2) is 13.4. The predicted octanol–water partition coefficient (Wildman–Crippen LogP) is 4.95. The molecule has 224 valence electrons. The van der Waals surface area contributed by atoms with E-state index in [4.69, 9.17) is 19.4 Å². The Morgan fingerprint density at radius 1 is 0.933 bits per heavy atom. The maximum Gasteiger partial charge on any atom is 0.303 e. The Labute approximate surface area is 257 Å². The Morgan fingerprint density at radius 2 is 1.69 bits per heavy atom. The predicted molar refractivity (Wildman–Crippen MR) is 166 cm³/mol. The van der Waals surface area contributed by atoms with Crippen LogP contribution < -0.4 is 16.1 Å². The molecular formula is C36H28FN3O5. The number of carbonyl (C=O) groups is 1. The molecule has 0 amide bonds. The molecule has 0 saturated heterocycles. The van der Waals surface area contributed by atoms with Gasteiger partial charge in [0, 0.05) is 18.9 Å². The summed E-state index contributed by atoms with van der Waals surface area (Å²) in [6.07, 6.45) is 2.99. The summed E-state index contributed by atoms with van der Waals surface area (Å²) in [4.78, 5) is 29.3. The lowest BCUT2D eigenvalue weighted by Crippen LogP contribution is -2.48. The summed E-state index contributed by atoms with van der Waals surface area (Å²) in [5.74, 6) is -0.357. The molecule has 6 rings (SSSR count). The largest absolute Gasteiger partial charge is 0.481 e. The monoisotopic (exact) mass is 601 g/mol. The fourth-order valence-corrected chi connectivity index (χ4v) is 5.03. The SMILES string of the molecule is O=C(O)CCCCc1nc2c(c(=O)n1-c1ccc(F)cc1)=C=C=C(c1cc(COCc3ccc(-c4ccccc4)cc3)on1)C=2. The third-order valence-corrected chi connectivity index (χ3v) is 7.32. The summed E-state index contributed by atoms with van der Waals surface area (Å²) in [5, 5.41) is 13.8. The number of nitrogens with zero attached hydrogens (tertiary/aromatic N) is 3. The fraction of sp³-hybridized carbons (Fsp3) is 0.167. The summed E-state index contributed by atoms with van der Waals surface area (Å²) < 4.78 is 26.4. The van der Waals surface area contributed by atoms with Crippen LogP contribution in [0, 0.1) is 5.82 Å². The van der Waals surface area contributed by atoms with Gasteiger partial charge in [-0.15, -0.1) is 0 Å². The van der Waals surface area contributed by atoms with Gasteiger partial charge in [0.1, 0.15) is 29.2 Å². The summed E-state index contributed by atoms with van der Waals surface area (Å²) in [6, 6.07) is 25.7. The van der Waals surface area contributed by atoms with E-state index in [2.05, 4.69) is 40.9 Å². The van der Waals surface area contributed by atoms with Crippen molar-refractivity contribution in [3.05, 3.63) is 140 Å². The van der Waals surface area contributed by atoms with Gasteiger partial charge in [-0.25, -0.2) is 9.37 Å². The summed E-state index contributed by atoms with van der Waals surface area (Å²) in [6.45, 7) is 0.617. The van der Waals surface area contributed by atoms with Gasteiger partial charge >= 0.3 is 5.97 Å². The molecule has 0 spiro atoms. The number of hydrogen-bond donors (Lipinski definition) is 1. The maximum absolute atomic E-state index is 13.6. The molecule has 0 bridgehead atoms. The number of unbranched alkanes of at least 4 members (excludes halogenated alkanes) is 1. The van der Waals surface area contributed by atoms with Crippen molar-refractivity contribution in [1.29, 1.82) is 0 Å². The first-order valence-electron chi connectivity index (χ1n) is 14.5. The molecule has 8 nitrogen and oxygen atoms in total. The number of rotatable bonds is 12. The number of benzene rings is 3. The highest BCUT2D eigenvalue weighted by atomic mass is 19.1. The molecule has 2 aromatic heterocycles. The molecule has 0 fully saturated rings. The average molecular weight is 602 g/mol. The van der Waals surface area contributed by atoms with Gasteiger partial charge in [-0.2, -0.15) is 0 Å². The molecule has 45 heavy (non-hydrogen) atoms. The standard InChI is InChI=1S/C36H28FN3O5/c37-28-15-17-29(18-16-28)40-34(8-4-5-9-35(41)42)38-33-20-27(14-19-31(33)36(40)43)32-21-30(45-39-32)23-44-22-24-10-12-26(13-11-24)25-6-2-1-3-7-25/h1-3,6-7,10-13,15-18,20-21H,4-5,8-9,22-23H2,(H,41,42). The van der Waals surface area contributed by atoms with Gasteiger partial charge in [0.2, 0.25) is 0 Å². The number of halogens is 1. The van der Waals surface area contributed by atoms with Crippen molar-refractivity contribution in [2.75, 3.05) is 0 Å². The number of carboxylic acids is 1. The zero-order valence-electron chi connectivity index (χ0n) is 24.2. The molecule has 0 atom stereocenters. The number of allylic oxidation sites excluding steroid dienone is 1. The molecule has 3 aromatic carbocycles. The van der Waals surface area contributed by atoms with E-state index >= 15 is 0 Å². The number of carboxylic acid groups (broad SMARTS) is 1. The lowest BCUT2D eigenvalue weighted by atomic mass is 10.0. The van der Waals surface area contributed by atoms with Crippen molar-refractivity contribution >= 4 is 23.3 Å². The zero-order chi connectivity index (χ0) is 31.2. The van der Waals surface area contributed by atoms with Crippen LogP contribution >= 0.6 is 0 Å². The van der Waals surface area contributed by atoms with Crippen molar-refractivity contribution < 1.29 is 23.6 Å². The maximum atomic E-state index is 13.6. The van der Waals surface area contributed by atoms with E-state index in [9.17, 15) is 14.0 Å². The van der Waals surface area contributed by atoms with Crippen LogP contribution in [0.1, 0.15) is 42.1 Å². The quantitative estimate of drug-likeness (QED) is 0.159. The lowest BCUT2D eigenvalue weighted by molar-refractivity contribution is -0.137. The van der Waals surface area contributed by atoms with Crippen molar-refractivity contribution in [2.24, 2.45) is 0 Å². The summed E-state index contributed by atoms with van der Waals surface area (Å²) >= 11 is 0. The number of hydrogen-bond acceptors (Lipinski definition) is 6. The van der Waals surface area contributed by atoms with Crippen LogP contribution in [0.4, 0.5) is 4.39 Å². The minimum absolute atomic E-state index is 0.0139. The van der Waals surface area contributed by atoms with Gasteiger partial charge in [0.25, 0.3) is 5.56 Å². The molecule has 2 heterocycles. The molecule has 0 radical (unpaired) electrons. The Balaban J connectivity index is 1.20. The minimum atomic E-state index is -0.887. The highest BCUT2D eigenvalue weighted by Gasteiger charge is 2.15. The van der Waals surface area contributed by atoms with Crippen molar-refractivity contribution in [2.45, 2.75) is 38.9 Å². The third-order valence-electron chi connectivity index (χ3n) is 7.32. The highest BCUT2D eigenvalue weighted by Crippen LogP contribution is 2.20. The first-order chi connectivity index (χ1) is 21.9. The molecular weight excluding hydrogens is 573 g/mol. The molecule has 1 aliphatic carbocycles. The van der Waals surface area contributed by atoms with E-state index in [1.807, 2.05) is 30.3 Å². The van der Waals surface area contributed by atoms with Crippen molar-refractivity contribution in [3.8, 4) is 16.8 Å². The average Bonchev–Trinajstić information content (AvgIpc) is 3.53. The second-order valence-corrected chi connectivity index (χ2v) is 10.5. The van der Waals surface area contributed by atoms with Crippen LogP contribution in [0.2, 0.25) is 0 Å². The van der Waals surface area contributed by atoms with Crippen LogP contribution in [0.5, 0.6) is 0 Å². The first kappa shape index (κ1) is 29.5. The third kappa shape index (κ3) is 6.98. The van der Waals surface area contributed by atoms with Gasteiger partial charge in [-0.1, -0.05) is 71.2 Å². The van der Waals surface area contributed by atoms with E-state index in [0.29, 0.717) is 59.8 Å². The Morgan fingerprint density at radius 3 is 2.44 bits per heavy atom. The van der Waals surface area contributed by atoms with Gasteiger partial charge in [-0.05, 0) is 59.9 Å². The molecule has 5 aromatic rings. The molecule has 1 N–H and O–H groups in total. The summed E-state index contributed by atoms with van der Waals surface area (Å²) in [5.41, 5.74) is 10.3. The minimum Gasteiger partial charge on any atom is -0.481 e. The van der Waals surface area contributed by atoms with Gasteiger partial charge < -0.3 is 14.4 Å². The Bertz CT molecular complexity index is 2100. The van der Waals surface area contributed by atoms with E-state index in [1.165, 1.54) is 28.8 Å². The summed E-state index contributed by atoms with van der Waals surface area (Å²) in [7, 11) is 0. The number of aromatic nitrogens is 3. The van der Waals surface area contributed by atoms with Gasteiger partial charge in [-0.3, -0.25) is 14.2 Å². The van der Waals surface area contributed by atoms with Gasteiger partial charge in [0.05, 0.1) is 23.2 Å². The van der Waals surface area contributed by atoms with Crippen LogP contribution in [0.15, 0.2) is 100.0 Å². The van der Waals surface area contributed by atoms with E-state index in [-0.39, 0.29) is 23.8 Å². The second-order valence-electron chi connectivity index (χ2n) is 10.5. The molecule has 0 saturated carbocycles. The van der Waals surface area contributed by atoms with Crippen LogP contribution in [0.3, 0.4) is 0 Å². The van der Waals surface area contributed by atoms with Crippen LogP contribution in [-0.4, -0.2) is 25.8 Å². The van der Waals surface area contributed by atoms with Crippen LogP contribution in [-0.2, 0) is 29.2 Å². The first-order valence-corrected chi connectivity index (χ1v) is 14.5. The zero-order valence-corrected chi connectivity index (χ0v) is 24.2. The lowest BCUT2D eigenvalue weighted by Gasteiger charge is -2.12. The Hall–Kier alpha value is -5.59. The van der Waals surface area contributed by atoms with E-state index < -0.39 is 11.8 Å². The van der Waals surface area contributed by atoms with Crippen molar-refractivity contribution in [1.82, 2.24) is 14.7 Å².